The molecule has 4 rings (SSSR count). The Morgan fingerprint density at radius 3 is 2.77 bits per heavy atom. The number of fused-ring (bicyclic) bond motifs is 1. The molecule has 26 heavy (non-hydrogen) atoms. The predicted octanol–water partition coefficient (Wildman–Crippen LogP) is 3.25. The van der Waals surface area contributed by atoms with E-state index in [1.54, 1.807) is 19.1 Å². The van der Waals surface area contributed by atoms with Crippen molar-refractivity contribution in [2.45, 2.75) is 20.4 Å². The number of aryl methyl sites for hydroxylation is 2. The molecule has 0 atom stereocenters. The highest BCUT2D eigenvalue weighted by Gasteiger charge is 2.11. The van der Waals surface area contributed by atoms with Crippen LogP contribution in [-0.4, -0.2) is 20.2 Å². The molecule has 0 N–H and O–H groups in total. The summed E-state index contributed by atoms with van der Waals surface area (Å²) in [6, 6.07) is 11.8. The van der Waals surface area contributed by atoms with Crippen LogP contribution >= 0.6 is 0 Å². The fourth-order valence-corrected chi connectivity index (χ4v) is 2.83. The topological polar surface area (TPSA) is 73.8 Å². The van der Waals surface area contributed by atoms with Gasteiger partial charge in [0.2, 0.25) is 5.82 Å². The Morgan fingerprint density at radius 1 is 1.12 bits per heavy atom. The SMILES string of the molecule is Cc1ccc2c(Cn3nnc(-c4ccc(F)c(C)c4)n3)cc(=O)oc2c1. The molecule has 0 aliphatic rings. The molecule has 0 saturated heterocycles. The van der Waals surface area contributed by atoms with Crippen molar-refractivity contribution in [1.82, 2.24) is 20.2 Å². The first-order valence-electron chi connectivity index (χ1n) is 8.07. The zero-order chi connectivity index (χ0) is 18.3. The monoisotopic (exact) mass is 350 g/mol. The first-order valence-corrected chi connectivity index (χ1v) is 8.07. The summed E-state index contributed by atoms with van der Waals surface area (Å²) >= 11 is 0. The van der Waals surface area contributed by atoms with Crippen molar-refractivity contribution in [3.8, 4) is 11.4 Å². The summed E-state index contributed by atoms with van der Waals surface area (Å²) in [7, 11) is 0. The zero-order valence-corrected chi connectivity index (χ0v) is 14.2. The van der Waals surface area contributed by atoms with E-state index in [4.69, 9.17) is 4.42 Å². The highest BCUT2D eigenvalue weighted by atomic mass is 19.1. The molecule has 0 fully saturated rings. The third-order valence-corrected chi connectivity index (χ3v) is 4.17. The molecule has 0 saturated carbocycles. The first kappa shape index (κ1) is 16.1. The van der Waals surface area contributed by atoms with Crippen LogP contribution in [0.2, 0.25) is 0 Å². The van der Waals surface area contributed by atoms with Crippen LogP contribution in [0.25, 0.3) is 22.4 Å². The number of hydrogen-bond donors (Lipinski definition) is 0. The number of rotatable bonds is 3. The second-order valence-corrected chi connectivity index (χ2v) is 6.20. The van der Waals surface area contributed by atoms with Crippen molar-refractivity contribution in [2.75, 3.05) is 0 Å². The average Bonchev–Trinajstić information content (AvgIpc) is 3.05. The molecule has 0 spiro atoms. The van der Waals surface area contributed by atoms with Crippen LogP contribution in [0.5, 0.6) is 0 Å². The van der Waals surface area contributed by atoms with Gasteiger partial charge in [-0.3, -0.25) is 0 Å². The van der Waals surface area contributed by atoms with Crippen LogP contribution in [0.4, 0.5) is 4.39 Å². The Kier molecular flexibility index (Phi) is 3.84. The first-order chi connectivity index (χ1) is 12.5. The Bertz CT molecular complexity index is 1180. The number of aromatic nitrogens is 4. The second-order valence-electron chi connectivity index (χ2n) is 6.20. The minimum absolute atomic E-state index is 0.276. The summed E-state index contributed by atoms with van der Waals surface area (Å²) in [6.45, 7) is 3.89. The van der Waals surface area contributed by atoms with Crippen LogP contribution in [0.3, 0.4) is 0 Å². The minimum atomic E-state index is -0.424. The largest absolute Gasteiger partial charge is 0.423 e. The van der Waals surface area contributed by atoms with Gasteiger partial charge in [0.25, 0.3) is 0 Å². The summed E-state index contributed by atoms with van der Waals surface area (Å²) in [5, 5.41) is 13.2. The Balaban J connectivity index is 1.70. The molecule has 0 unspecified atom stereocenters. The van der Waals surface area contributed by atoms with Gasteiger partial charge >= 0.3 is 5.63 Å². The Labute approximate surface area is 147 Å². The van der Waals surface area contributed by atoms with E-state index in [0.717, 1.165) is 16.5 Å². The molecule has 6 nitrogen and oxygen atoms in total. The quantitative estimate of drug-likeness (QED) is 0.530. The summed E-state index contributed by atoms with van der Waals surface area (Å²) in [4.78, 5) is 13.2. The Hall–Kier alpha value is -3.35. The molecule has 130 valence electrons. The van der Waals surface area contributed by atoms with Gasteiger partial charge < -0.3 is 4.42 Å². The summed E-state index contributed by atoms with van der Waals surface area (Å²) in [5.74, 6) is 0.120. The van der Waals surface area contributed by atoms with E-state index in [0.29, 0.717) is 22.5 Å². The molecule has 2 aromatic heterocycles. The fraction of sp³-hybridized carbons (Fsp3) is 0.158. The van der Waals surface area contributed by atoms with E-state index < -0.39 is 5.63 Å². The highest BCUT2D eigenvalue weighted by Crippen LogP contribution is 2.20. The molecule has 0 amide bonds. The normalized spacial score (nSPS) is 11.2. The molecule has 0 aliphatic carbocycles. The molecule has 4 aromatic rings. The number of tetrazole rings is 1. The molecule has 0 bridgehead atoms. The van der Waals surface area contributed by atoms with Crippen LogP contribution in [0.15, 0.2) is 51.7 Å². The van der Waals surface area contributed by atoms with Crippen molar-refractivity contribution >= 4 is 11.0 Å². The van der Waals surface area contributed by atoms with Gasteiger partial charge in [0, 0.05) is 17.0 Å². The fourth-order valence-electron chi connectivity index (χ4n) is 2.83. The molecule has 0 aliphatic heterocycles. The van der Waals surface area contributed by atoms with Gasteiger partial charge in [0.1, 0.15) is 11.4 Å². The summed E-state index contributed by atoms with van der Waals surface area (Å²) in [5.41, 5.74) is 3.06. The van der Waals surface area contributed by atoms with Gasteiger partial charge in [-0.25, -0.2) is 9.18 Å². The van der Waals surface area contributed by atoms with E-state index in [2.05, 4.69) is 15.4 Å². The van der Waals surface area contributed by atoms with E-state index in [-0.39, 0.29) is 12.4 Å². The van der Waals surface area contributed by atoms with E-state index >= 15 is 0 Å². The lowest BCUT2D eigenvalue weighted by Gasteiger charge is -2.05. The molecular weight excluding hydrogens is 335 g/mol. The van der Waals surface area contributed by atoms with Crippen molar-refractivity contribution in [3.63, 3.8) is 0 Å². The van der Waals surface area contributed by atoms with Gasteiger partial charge in [0.15, 0.2) is 0 Å². The van der Waals surface area contributed by atoms with Crippen LogP contribution in [-0.2, 0) is 6.54 Å². The van der Waals surface area contributed by atoms with Crippen molar-refractivity contribution in [1.29, 1.82) is 0 Å². The third-order valence-electron chi connectivity index (χ3n) is 4.17. The molecular formula is C19H15FN4O2. The third kappa shape index (κ3) is 2.99. The Morgan fingerprint density at radius 2 is 1.96 bits per heavy atom. The van der Waals surface area contributed by atoms with E-state index in [1.165, 1.54) is 16.9 Å². The average molecular weight is 350 g/mol. The van der Waals surface area contributed by atoms with Crippen molar-refractivity contribution < 1.29 is 8.81 Å². The van der Waals surface area contributed by atoms with E-state index in [9.17, 15) is 9.18 Å². The molecule has 2 heterocycles. The van der Waals surface area contributed by atoms with E-state index in [1.807, 2.05) is 25.1 Å². The predicted molar refractivity (Wildman–Crippen MR) is 94.3 cm³/mol. The summed E-state index contributed by atoms with van der Waals surface area (Å²) < 4.78 is 18.7. The van der Waals surface area contributed by atoms with Crippen molar-refractivity contribution in [2.24, 2.45) is 0 Å². The van der Waals surface area contributed by atoms with Gasteiger partial charge in [-0.15, -0.1) is 10.2 Å². The van der Waals surface area contributed by atoms with Crippen molar-refractivity contribution in [3.05, 3.63) is 75.4 Å². The molecule has 2 aromatic carbocycles. The van der Waals surface area contributed by atoms with Gasteiger partial charge in [-0.05, 0) is 60.0 Å². The van der Waals surface area contributed by atoms with Gasteiger partial charge in [-0.1, -0.05) is 12.1 Å². The maximum atomic E-state index is 13.4. The molecule has 7 heteroatoms. The lowest BCUT2D eigenvalue weighted by Crippen LogP contribution is -2.08. The zero-order valence-electron chi connectivity index (χ0n) is 14.2. The number of halogens is 1. The maximum Gasteiger partial charge on any atom is 0.336 e. The standard InChI is InChI=1S/C19H15FN4O2/c1-11-3-5-15-14(9-18(25)26-17(15)7-11)10-24-22-19(21-23-24)13-4-6-16(20)12(2)8-13/h3-9H,10H2,1-2H3. The summed E-state index contributed by atoms with van der Waals surface area (Å²) in [6.07, 6.45) is 0. The lowest BCUT2D eigenvalue weighted by molar-refractivity contribution is 0.545. The van der Waals surface area contributed by atoms with Crippen LogP contribution in [0, 0.1) is 19.7 Å². The highest BCUT2D eigenvalue weighted by molar-refractivity contribution is 5.80. The number of benzene rings is 2. The maximum absolute atomic E-state index is 13.4. The van der Waals surface area contributed by atoms with Gasteiger partial charge in [0.05, 0.1) is 6.54 Å². The second kappa shape index (κ2) is 6.18. The number of nitrogens with zero attached hydrogens (tertiary/aromatic N) is 4. The van der Waals surface area contributed by atoms with Gasteiger partial charge in [-0.2, -0.15) is 4.80 Å². The number of hydrogen-bond acceptors (Lipinski definition) is 5. The lowest BCUT2D eigenvalue weighted by atomic mass is 10.1. The van der Waals surface area contributed by atoms with Crippen LogP contribution in [0.1, 0.15) is 16.7 Å². The smallest absolute Gasteiger partial charge is 0.336 e. The van der Waals surface area contributed by atoms with Crippen LogP contribution < -0.4 is 5.63 Å². The molecule has 0 radical (unpaired) electrons. The minimum Gasteiger partial charge on any atom is -0.423 e.